The van der Waals surface area contributed by atoms with Crippen LogP contribution in [0.15, 0.2) is 17.3 Å². The molecule has 0 fully saturated rings. The van der Waals surface area contributed by atoms with Crippen molar-refractivity contribution in [3.05, 3.63) is 17.8 Å². The highest BCUT2D eigenvalue weighted by Gasteiger charge is 2.13. The largest absolute Gasteiger partial charge is 0.395 e. The molecule has 1 atom stereocenters. The van der Waals surface area contributed by atoms with Crippen molar-refractivity contribution >= 4 is 17.4 Å². The zero-order valence-corrected chi connectivity index (χ0v) is 10.0. The molecule has 4 heteroatoms. The third-order valence-electron chi connectivity index (χ3n) is 2.31. The summed E-state index contributed by atoms with van der Waals surface area (Å²) in [6, 6.07) is 3.70. The van der Waals surface area contributed by atoms with Gasteiger partial charge in [0.05, 0.1) is 11.3 Å². The minimum absolute atomic E-state index is 0.439. The van der Waals surface area contributed by atoms with Crippen LogP contribution in [-0.2, 0) is 0 Å². The van der Waals surface area contributed by atoms with Crippen LogP contribution >= 0.6 is 11.8 Å². The van der Waals surface area contributed by atoms with Crippen molar-refractivity contribution in [2.45, 2.75) is 31.0 Å². The highest BCUT2D eigenvalue weighted by Crippen LogP contribution is 2.31. The molecule has 0 spiro atoms. The van der Waals surface area contributed by atoms with E-state index >= 15 is 0 Å². The maximum Gasteiger partial charge on any atom is 0.121 e. The highest BCUT2D eigenvalue weighted by atomic mass is 32.2. The first-order chi connectivity index (χ1) is 7.06. The van der Waals surface area contributed by atoms with Crippen LogP contribution in [0.4, 0.5) is 5.69 Å². The van der Waals surface area contributed by atoms with Gasteiger partial charge in [-0.25, -0.2) is 4.98 Å². The monoisotopic (exact) mass is 221 g/mol. The average Bonchev–Trinajstić information content (AvgIpc) is 2.21. The van der Waals surface area contributed by atoms with E-state index < -0.39 is 0 Å². The first kappa shape index (κ1) is 11.9. The quantitative estimate of drug-likeness (QED) is 0.797. The normalized spacial score (nSPS) is 12.5. The van der Waals surface area contributed by atoms with E-state index in [0.29, 0.717) is 22.4 Å². The molecule has 80 valence electrons. The molecule has 0 aromatic carbocycles. The van der Waals surface area contributed by atoms with Crippen LogP contribution in [0.3, 0.4) is 0 Å². The molecule has 1 unspecified atom stereocenters. The van der Waals surface area contributed by atoms with Gasteiger partial charge >= 0.3 is 0 Å². The molecule has 2 N–H and O–H groups in total. The lowest BCUT2D eigenvalue weighted by atomic mass is 10.2. The molecule has 0 saturated carbocycles. The van der Waals surface area contributed by atoms with Crippen molar-refractivity contribution in [3.8, 4) is 6.07 Å². The first-order valence-electron chi connectivity index (χ1n) is 4.87. The van der Waals surface area contributed by atoms with Crippen LogP contribution in [-0.4, -0.2) is 10.2 Å². The number of nitrogens with two attached hydrogens (primary N) is 1. The standard InChI is InChI=1S/C11H15N3S/c1-7(2)8(3)15-11-10(13)9(6-12)4-5-14-11/h4-5,7-8H,13H2,1-3H3. The summed E-state index contributed by atoms with van der Waals surface area (Å²) in [7, 11) is 0. The molecule has 0 saturated heterocycles. The summed E-state index contributed by atoms with van der Waals surface area (Å²) >= 11 is 1.62. The number of rotatable bonds is 3. The van der Waals surface area contributed by atoms with E-state index in [9.17, 15) is 0 Å². The lowest BCUT2D eigenvalue weighted by Gasteiger charge is -2.15. The Hall–Kier alpha value is -1.21. The SMILES string of the molecule is CC(C)C(C)Sc1nccc(C#N)c1N. The fraction of sp³-hybridized carbons (Fsp3) is 0.455. The molecular weight excluding hydrogens is 206 g/mol. The van der Waals surface area contributed by atoms with Gasteiger partial charge in [0.2, 0.25) is 0 Å². The van der Waals surface area contributed by atoms with Crippen molar-refractivity contribution < 1.29 is 0 Å². The lowest BCUT2D eigenvalue weighted by Crippen LogP contribution is -2.07. The van der Waals surface area contributed by atoms with Gasteiger partial charge in [0.25, 0.3) is 0 Å². The van der Waals surface area contributed by atoms with Crippen molar-refractivity contribution in [2.75, 3.05) is 5.73 Å². The number of pyridine rings is 1. The fourth-order valence-electron chi connectivity index (χ4n) is 0.958. The number of aromatic nitrogens is 1. The molecule has 0 bridgehead atoms. The fourth-order valence-corrected chi connectivity index (χ4v) is 1.94. The minimum atomic E-state index is 0.439. The van der Waals surface area contributed by atoms with E-state index in [2.05, 4.69) is 31.8 Å². The predicted octanol–water partition coefficient (Wildman–Crippen LogP) is 2.67. The van der Waals surface area contributed by atoms with Gasteiger partial charge < -0.3 is 5.73 Å². The summed E-state index contributed by atoms with van der Waals surface area (Å²) < 4.78 is 0. The zero-order valence-electron chi connectivity index (χ0n) is 9.19. The van der Waals surface area contributed by atoms with Gasteiger partial charge in [-0.3, -0.25) is 0 Å². The molecule has 1 heterocycles. The van der Waals surface area contributed by atoms with Gasteiger partial charge in [0.15, 0.2) is 0 Å². The summed E-state index contributed by atoms with van der Waals surface area (Å²) in [5.41, 5.74) is 6.84. The molecular formula is C11H15N3S. The van der Waals surface area contributed by atoms with Gasteiger partial charge in [-0.05, 0) is 12.0 Å². The Bertz CT molecular complexity index is 382. The van der Waals surface area contributed by atoms with Gasteiger partial charge in [0, 0.05) is 11.4 Å². The van der Waals surface area contributed by atoms with Crippen molar-refractivity contribution in [2.24, 2.45) is 5.92 Å². The predicted molar refractivity (Wildman–Crippen MR) is 63.5 cm³/mol. The molecule has 0 aliphatic carbocycles. The summed E-state index contributed by atoms with van der Waals surface area (Å²) in [6.07, 6.45) is 1.63. The Morgan fingerprint density at radius 1 is 1.47 bits per heavy atom. The van der Waals surface area contributed by atoms with E-state index in [4.69, 9.17) is 11.0 Å². The van der Waals surface area contributed by atoms with Crippen LogP contribution in [0, 0.1) is 17.2 Å². The average molecular weight is 221 g/mol. The maximum atomic E-state index is 8.82. The molecule has 0 aliphatic heterocycles. The number of thioether (sulfide) groups is 1. The van der Waals surface area contributed by atoms with Gasteiger partial charge in [0.1, 0.15) is 11.1 Å². The molecule has 0 aliphatic rings. The smallest absolute Gasteiger partial charge is 0.121 e. The number of hydrogen-bond acceptors (Lipinski definition) is 4. The van der Waals surface area contributed by atoms with E-state index in [1.165, 1.54) is 0 Å². The number of nitriles is 1. The molecule has 1 aromatic heterocycles. The molecule has 3 nitrogen and oxygen atoms in total. The maximum absolute atomic E-state index is 8.82. The van der Waals surface area contributed by atoms with Crippen LogP contribution in [0.2, 0.25) is 0 Å². The third-order valence-corrected chi connectivity index (χ3v) is 3.78. The van der Waals surface area contributed by atoms with E-state index in [1.54, 1.807) is 24.0 Å². The Kier molecular flexibility index (Phi) is 3.98. The molecule has 0 radical (unpaired) electrons. The van der Waals surface area contributed by atoms with Crippen LogP contribution in [0.25, 0.3) is 0 Å². The lowest BCUT2D eigenvalue weighted by molar-refractivity contribution is 0.641. The molecule has 1 aromatic rings. The van der Waals surface area contributed by atoms with Crippen molar-refractivity contribution in [1.82, 2.24) is 4.98 Å². The van der Waals surface area contributed by atoms with Gasteiger partial charge in [-0.15, -0.1) is 11.8 Å². The van der Waals surface area contributed by atoms with Gasteiger partial charge in [-0.2, -0.15) is 5.26 Å². The van der Waals surface area contributed by atoms with Crippen LogP contribution in [0.5, 0.6) is 0 Å². The van der Waals surface area contributed by atoms with Crippen LogP contribution in [0.1, 0.15) is 26.3 Å². The zero-order chi connectivity index (χ0) is 11.4. The summed E-state index contributed by atoms with van der Waals surface area (Å²) in [6.45, 7) is 6.44. The second-order valence-electron chi connectivity index (χ2n) is 3.76. The van der Waals surface area contributed by atoms with Crippen molar-refractivity contribution in [1.29, 1.82) is 5.26 Å². The van der Waals surface area contributed by atoms with E-state index in [0.717, 1.165) is 5.03 Å². The number of nitrogen functional groups attached to an aromatic ring is 1. The first-order valence-corrected chi connectivity index (χ1v) is 5.75. The summed E-state index contributed by atoms with van der Waals surface area (Å²) in [5.74, 6) is 0.557. The molecule has 15 heavy (non-hydrogen) atoms. The minimum Gasteiger partial charge on any atom is -0.395 e. The molecule has 0 amide bonds. The number of nitrogens with zero attached hydrogens (tertiary/aromatic N) is 2. The number of hydrogen-bond donors (Lipinski definition) is 1. The Labute approximate surface area is 94.7 Å². The van der Waals surface area contributed by atoms with Crippen molar-refractivity contribution in [3.63, 3.8) is 0 Å². The summed E-state index contributed by atoms with van der Waals surface area (Å²) in [4.78, 5) is 4.20. The second-order valence-corrected chi connectivity index (χ2v) is 5.12. The van der Waals surface area contributed by atoms with Crippen LogP contribution < -0.4 is 5.73 Å². The molecule has 1 rings (SSSR count). The Morgan fingerprint density at radius 3 is 2.67 bits per heavy atom. The third kappa shape index (κ3) is 2.87. The van der Waals surface area contributed by atoms with E-state index in [-0.39, 0.29) is 0 Å². The number of anilines is 1. The summed E-state index contributed by atoms with van der Waals surface area (Å²) in [5, 5.41) is 10.0. The Balaban J connectivity index is 2.92. The Morgan fingerprint density at radius 2 is 2.13 bits per heavy atom. The topological polar surface area (TPSA) is 62.7 Å². The van der Waals surface area contributed by atoms with Gasteiger partial charge in [-0.1, -0.05) is 20.8 Å². The van der Waals surface area contributed by atoms with E-state index in [1.807, 2.05) is 0 Å². The highest BCUT2D eigenvalue weighted by molar-refractivity contribution is 8.00. The second kappa shape index (κ2) is 5.04.